The van der Waals surface area contributed by atoms with E-state index in [0.29, 0.717) is 55.1 Å². The quantitative estimate of drug-likeness (QED) is 0.692. The molecule has 0 radical (unpaired) electrons. The standard InChI is InChI=1S/C20H18N4O4/c25-19(15-6-7-16-17(12-15)27-13-26-16)23-8-10-24(11-9-23)20-22-21-18(28-20)14-4-2-1-3-5-14/h1-7,12H,8-11,13H2. The highest BCUT2D eigenvalue weighted by Gasteiger charge is 2.26. The fourth-order valence-corrected chi connectivity index (χ4v) is 3.35. The smallest absolute Gasteiger partial charge is 0.318 e. The lowest BCUT2D eigenvalue weighted by atomic mass is 10.1. The largest absolute Gasteiger partial charge is 0.454 e. The van der Waals surface area contributed by atoms with Gasteiger partial charge in [-0.25, -0.2) is 0 Å². The third-order valence-electron chi connectivity index (χ3n) is 4.89. The topological polar surface area (TPSA) is 80.9 Å². The van der Waals surface area contributed by atoms with Gasteiger partial charge in [-0.05, 0) is 30.3 Å². The number of amides is 1. The molecule has 3 heterocycles. The summed E-state index contributed by atoms with van der Waals surface area (Å²) in [5.74, 6) is 1.76. The molecule has 28 heavy (non-hydrogen) atoms. The second-order valence-corrected chi connectivity index (χ2v) is 6.60. The van der Waals surface area contributed by atoms with Crippen molar-refractivity contribution in [3.63, 3.8) is 0 Å². The SMILES string of the molecule is O=C(c1ccc2c(c1)OCO2)N1CCN(c2nnc(-c3ccccc3)o2)CC1. The number of hydrogen-bond acceptors (Lipinski definition) is 7. The van der Waals surface area contributed by atoms with E-state index in [1.165, 1.54) is 0 Å². The van der Waals surface area contributed by atoms with E-state index in [4.69, 9.17) is 13.9 Å². The van der Waals surface area contributed by atoms with Gasteiger partial charge < -0.3 is 23.7 Å². The zero-order chi connectivity index (χ0) is 18.9. The summed E-state index contributed by atoms with van der Waals surface area (Å²) in [7, 11) is 0. The molecule has 1 fully saturated rings. The van der Waals surface area contributed by atoms with Gasteiger partial charge in [0.1, 0.15) is 0 Å². The minimum atomic E-state index is -0.0200. The Labute approximate surface area is 161 Å². The van der Waals surface area contributed by atoms with Gasteiger partial charge >= 0.3 is 6.01 Å². The Hall–Kier alpha value is -3.55. The van der Waals surface area contributed by atoms with Crippen molar-refractivity contribution in [2.75, 3.05) is 37.9 Å². The molecular weight excluding hydrogens is 360 g/mol. The fourth-order valence-electron chi connectivity index (χ4n) is 3.35. The van der Waals surface area contributed by atoms with Crippen LogP contribution in [0.15, 0.2) is 52.9 Å². The molecule has 5 rings (SSSR count). The summed E-state index contributed by atoms with van der Waals surface area (Å²) in [4.78, 5) is 16.6. The number of rotatable bonds is 3. The molecule has 2 aliphatic rings. The molecule has 1 aromatic heterocycles. The number of piperazine rings is 1. The van der Waals surface area contributed by atoms with Crippen molar-refractivity contribution in [3.05, 3.63) is 54.1 Å². The fraction of sp³-hybridized carbons (Fsp3) is 0.250. The average Bonchev–Trinajstić information content (AvgIpc) is 3.43. The molecule has 2 aliphatic heterocycles. The van der Waals surface area contributed by atoms with Gasteiger partial charge in [-0.15, -0.1) is 5.10 Å². The highest BCUT2D eigenvalue weighted by atomic mass is 16.7. The van der Waals surface area contributed by atoms with Crippen LogP contribution >= 0.6 is 0 Å². The lowest BCUT2D eigenvalue weighted by molar-refractivity contribution is 0.0744. The van der Waals surface area contributed by atoms with Crippen LogP contribution in [0.25, 0.3) is 11.5 Å². The molecular formula is C20H18N4O4. The van der Waals surface area contributed by atoms with Crippen LogP contribution in [-0.4, -0.2) is 54.0 Å². The normalized spacial score (nSPS) is 15.7. The molecule has 8 nitrogen and oxygen atoms in total. The van der Waals surface area contributed by atoms with Crippen LogP contribution in [0.5, 0.6) is 11.5 Å². The number of benzene rings is 2. The van der Waals surface area contributed by atoms with Gasteiger partial charge in [-0.2, -0.15) is 0 Å². The Balaban J connectivity index is 1.24. The van der Waals surface area contributed by atoms with E-state index in [0.717, 1.165) is 5.56 Å². The minimum absolute atomic E-state index is 0.0200. The van der Waals surface area contributed by atoms with Crippen molar-refractivity contribution in [1.29, 1.82) is 0 Å². The lowest BCUT2D eigenvalue weighted by Crippen LogP contribution is -2.48. The number of carbonyl (C=O) groups is 1. The van der Waals surface area contributed by atoms with Crippen molar-refractivity contribution >= 4 is 11.9 Å². The Kier molecular flexibility index (Phi) is 4.08. The van der Waals surface area contributed by atoms with Gasteiger partial charge in [-0.3, -0.25) is 4.79 Å². The Bertz CT molecular complexity index is 996. The van der Waals surface area contributed by atoms with Gasteiger partial charge in [0.2, 0.25) is 12.7 Å². The summed E-state index contributed by atoms with van der Waals surface area (Å²) < 4.78 is 16.5. The summed E-state index contributed by atoms with van der Waals surface area (Å²) in [6, 6.07) is 15.4. The van der Waals surface area contributed by atoms with Crippen LogP contribution in [0.2, 0.25) is 0 Å². The highest BCUT2D eigenvalue weighted by molar-refractivity contribution is 5.95. The molecule has 0 unspecified atom stereocenters. The Morgan fingerprint density at radius 3 is 2.50 bits per heavy atom. The second-order valence-electron chi connectivity index (χ2n) is 6.60. The van der Waals surface area contributed by atoms with Crippen LogP contribution < -0.4 is 14.4 Å². The zero-order valence-electron chi connectivity index (χ0n) is 15.1. The molecule has 1 saturated heterocycles. The molecule has 2 aromatic carbocycles. The summed E-state index contributed by atoms with van der Waals surface area (Å²) in [5, 5.41) is 8.29. The van der Waals surface area contributed by atoms with Crippen LogP contribution in [-0.2, 0) is 0 Å². The number of aromatic nitrogens is 2. The van der Waals surface area contributed by atoms with Crippen LogP contribution in [0.3, 0.4) is 0 Å². The molecule has 0 bridgehead atoms. The first kappa shape index (κ1) is 16.6. The summed E-state index contributed by atoms with van der Waals surface area (Å²) in [6.45, 7) is 2.62. The average molecular weight is 378 g/mol. The van der Waals surface area contributed by atoms with Crippen LogP contribution in [0, 0.1) is 0 Å². The van der Waals surface area contributed by atoms with Crippen molar-refractivity contribution in [2.24, 2.45) is 0 Å². The summed E-state index contributed by atoms with van der Waals surface area (Å²) in [5.41, 5.74) is 1.49. The predicted molar refractivity (Wildman–Crippen MR) is 100 cm³/mol. The van der Waals surface area contributed by atoms with E-state index >= 15 is 0 Å². The number of anilines is 1. The van der Waals surface area contributed by atoms with Crippen LogP contribution in [0.4, 0.5) is 6.01 Å². The second kappa shape index (κ2) is 6.88. The van der Waals surface area contributed by atoms with Crippen molar-refractivity contribution in [1.82, 2.24) is 15.1 Å². The van der Waals surface area contributed by atoms with Gasteiger partial charge in [0.05, 0.1) is 0 Å². The Morgan fingerprint density at radius 1 is 0.893 bits per heavy atom. The minimum Gasteiger partial charge on any atom is -0.454 e. The van der Waals surface area contributed by atoms with E-state index in [-0.39, 0.29) is 12.7 Å². The van der Waals surface area contributed by atoms with Gasteiger partial charge in [0, 0.05) is 37.3 Å². The molecule has 8 heteroatoms. The molecule has 0 atom stereocenters. The molecule has 0 saturated carbocycles. The maximum absolute atomic E-state index is 12.8. The first-order valence-electron chi connectivity index (χ1n) is 9.11. The van der Waals surface area contributed by atoms with Crippen LogP contribution in [0.1, 0.15) is 10.4 Å². The number of carbonyl (C=O) groups excluding carboxylic acids is 1. The van der Waals surface area contributed by atoms with E-state index < -0.39 is 0 Å². The van der Waals surface area contributed by atoms with Gasteiger partial charge in [-0.1, -0.05) is 23.3 Å². The molecule has 1 amide bonds. The number of fused-ring (bicyclic) bond motifs is 1. The maximum atomic E-state index is 12.8. The predicted octanol–water partition coefficient (Wildman–Crippen LogP) is 2.43. The van der Waals surface area contributed by atoms with Gasteiger partial charge in [0.25, 0.3) is 5.91 Å². The zero-order valence-corrected chi connectivity index (χ0v) is 15.1. The molecule has 142 valence electrons. The van der Waals surface area contributed by atoms with E-state index in [9.17, 15) is 4.79 Å². The number of hydrogen-bond donors (Lipinski definition) is 0. The highest BCUT2D eigenvalue weighted by Crippen LogP contribution is 2.33. The van der Waals surface area contributed by atoms with Crippen molar-refractivity contribution in [2.45, 2.75) is 0 Å². The van der Waals surface area contributed by atoms with E-state index in [1.54, 1.807) is 18.2 Å². The lowest BCUT2D eigenvalue weighted by Gasteiger charge is -2.33. The van der Waals surface area contributed by atoms with Crippen molar-refractivity contribution in [3.8, 4) is 23.0 Å². The maximum Gasteiger partial charge on any atom is 0.318 e. The molecule has 0 N–H and O–H groups in total. The van der Waals surface area contributed by atoms with Gasteiger partial charge in [0.15, 0.2) is 11.5 Å². The molecule has 3 aromatic rings. The monoisotopic (exact) mass is 378 g/mol. The number of ether oxygens (including phenoxy) is 2. The number of nitrogens with zero attached hydrogens (tertiary/aromatic N) is 4. The first-order chi connectivity index (χ1) is 13.8. The van der Waals surface area contributed by atoms with E-state index in [2.05, 4.69) is 10.2 Å². The first-order valence-corrected chi connectivity index (χ1v) is 9.11. The third kappa shape index (κ3) is 3.02. The van der Waals surface area contributed by atoms with E-state index in [1.807, 2.05) is 40.1 Å². The molecule has 0 spiro atoms. The van der Waals surface area contributed by atoms with Crippen molar-refractivity contribution < 1.29 is 18.7 Å². The Morgan fingerprint density at radius 2 is 1.68 bits per heavy atom. The summed E-state index contributed by atoms with van der Waals surface area (Å²) >= 11 is 0. The third-order valence-corrected chi connectivity index (χ3v) is 4.89. The summed E-state index contributed by atoms with van der Waals surface area (Å²) in [6.07, 6.45) is 0. The molecule has 0 aliphatic carbocycles.